The summed E-state index contributed by atoms with van der Waals surface area (Å²) < 4.78 is 66.0. The van der Waals surface area contributed by atoms with Crippen LogP contribution in [0.1, 0.15) is 17.2 Å². The van der Waals surface area contributed by atoms with Crippen LogP contribution >= 0.6 is 0 Å². The van der Waals surface area contributed by atoms with Crippen molar-refractivity contribution in [3.63, 3.8) is 0 Å². The highest BCUT2D eigenvalue weighted by atomic mass is 32.2. The van der Waals surface area contributed by atoms with Gasteiger partial charge in [0.1, 0.15) is 12.1 Å². The van der Waals surface area contributed by atoms with Gasteiger partial charge in [-0.15, -0.1) is 0 Å². The summed E-state index contributed by atoms with van der Waals surface area (Å²) in [5, 5.41) is 8.73. The van der Waals surface area contributed by atoms with Crippen molar-refractivity contribution >= 4 is 15.8 Å². The molecule has 10 heteroatoms. The molecule has 0 bridgehead atoms. The largest absolute Gasteiger partial charge is 0.501 e. The number of rotatable bonds is 5. The van der Waals surface area contributed by atoms with Gasteiger partial charge in [-0.25, -0.2) is 8.42 Å². The lowest BCUT2D eigenvalue weighted by Crippen LogP contribution is -2.32. The number of carboxylic acids is 1. The van der Waals surface area contributed by atoms with Crippen LogP contribution in [0.2, 0.25) is 0 Å². The Morgan fingerprint density at radius 3 is 2.50 bits per heavy atom. The minimum absolute atomic E-state index is 0.106. The van der Waals surface area contributed by atoms with Gasteiger partial charge in [-0.1, -0.05) is 12.1 Å². The number of epoxide rings is 1. The van der Waals surface area contributed by atoms with Gasteiger partial charge >= 0.3 is 11.5 Å². The summed E-state index contributed by atoms with van der Waals surface area (Å²) in [4.78, 5) is 9.82. The molecule has 0 aliphatic carbocycles. The molecule has 0 saturated carbocycles. The molecule has 0 radical (unpaired) electrons. The molecule has 3 N–H and O–H groups in total. The fraction of sp³-hybridized carbons (Fsp3) is 0.417. The van der Waals surface area contributed by atoms with Crippen molar-refractivity contribution in [1.29, 1.82) is 0 Å². The number of hydrogen-bond donors (Lipinski definition) is 2. The molecule has 1 aromatic carbocycles. The molecular formula is C12H12F3NO5S. The van der Waals surface area contributed by atoms with Gasteiger partial charge < -0.3 is 15.6 Å². The third-order valence-corrected chi connectivity index (χ3v) is 4.68. The minimum Gasteiger partial charge on any atom is -0.480 e. The molecule has 0 spiro atoms. The third kappa shape index (κ3) is 3.23. The van der Waals surface area contributed by atoms with E-state index in [1.54, 1.807) is 0 Å². The fourth-order valence-electron chi connectivity index (χ4n) is 1.91. The van der Waals surface area contributed by atoms with E-state index in [1.807, 2.05) is 0 Å². The highest BCUT2D eigenvalue weighted by Gasteiger charge is 2.49. The number of benzene rings is 1. The molecule has 22 heavy (non-hydrogen) atoms. The van der Waals surface area contributed by atoms with Crippen molar-refractivity contribution in [2.24, 2.45) is 5.73 Å². The van der Waals surface area contributed by atoms with E-state index in [0.29, 0.717) is 5.56 Å². The predicted octanol–water partition coefficient (Wildman–Crippen LogP) is 1.01. The quantitative estimate of drug-likeness (QED) is 0.775. The van der Waals surface area contributed by atoms with Crippen LogP contribution in [0, 0.1) is 0 Å². The zero-order chi connectivity index (χ0) is 16.7. The van der Waals surface area contributed by atoms with E-state index in [9.17, 15) is 26.4 Å². The molecule has 0 amide bonds. The predicted molar refractivity (Wildman–Crippen MR) is 67.7 cm³/mol. The summed E-state index contributed by atoms with van der Waals surface area (Å²) in [5.41, 5.74) is 0.122. The maximum atomic E-state index is 12.7. The van der Waals surface area contributed by atoms with Crippen molar-refractivity contribution in [2.45, 2.75) is 29.0 Å². The lowest BCUT2D eigenvalue weighted by atomic mass is 10.0. The van der Waals surface area contributed by atoms with Crippen LogP contribution in [0.15, 0.2) is 23.1 Å². The third-order valence-electron chi connectivity index (χ3n) is 3.12. The summed E-state index contributed by atoms with van der Waals surface area (Å²) in [6.45, 7) is 0.106. The topological polar surface area (TPSA) is 110 Å². The second-order valence-corrected chi connectivity index (χ2v) is 6.70. The maximum absolute atomic E-state index is 12.7. The number of carboxylic acid groups (broad SMARTS) is 1. The van der Waals surface area contributed by atoms with Gasteiger partial charge in [0.05, 0.1) is 11.5 Å². The van der Waals surface area contributed by atoms with Crippen molar-refractivity contribution in [1.82, 2.24) is 0 Å². The molecule has 6 nitrogen and oxygen atoms in total. The first kappa shape index (κ1) is 16.7. The highest BCUT2D eigenvalue weighted by molar-refractivity contribution is 7.92. The Labute approximate surface area is 123 Å². The molecule has 2 unspecified atom stereocenters. The SMILES string of the molecule is NC(Cc1ccc(S(=O)(=O)C(F)(F)F)c(C2CO2)c1)C(=O)O. The van der Waals surface area contributed by atoms with Gasteiger partial charge in [-0.3, -0.25) is 4.79 Å². The fourth-order valence-corrected chi connectivity index (χ4v) is 2.91. The number of hydrogen-bond acceptors (Lipinski definition) is 5. The normalized spacial score (nSPS) is 19.7. The maximum Gasteiger partial charge on any atom is 0.501 e. The number of ether oxygens (including phenoxy) is 1. The van der Waals surface area contributed by atoms with Crippen LogP contribution in [-0.4, -0.2) is 37.7 Å². The van der Waals surface area contributed by atoms with Gasteiger partial charge in [-0.2, -0.15) is 13.2 Å². The Balaban J connectivity index is 2.44. The second kappa shape index (κ2) is 5.52. The van der Waals surface area contributed by atoms with Crippen LogP contribution in [0.3, 0.4) is 0 Å². The monoisotopic (exact) mass is 339 g/mol. The standard InChI is InChI=1S/C12H12F3NO5S/c13-12(14,15)22(19,20)10-2-1-6(4-8(16)11(17)18)3-7(10)9-5-21-9/h1-3,8-9H,4-5,16H2,(H,17,18). The van der Waals surface area contributed by atoms with Crippen LogP contribution in [0.4, 0.5) is 13.2 Å². The van der Waals surface area contributed by atoms with E-state index >= 15 is 0 Å². The summed E-state index contributed by atoms with van der Waals surface area (Å²) in [6.07, 6.45) is -0.880. The van der Waals surface area contributed by atoms with Crippen LogP contribution < -0.4 is 5.73 Å². The van der Waals surface area contributed by atoms with E-state index in [0.717, 1.165) is 12.1 Å². The zero-order valence-electron chi connectivity index (χ0n) is 11.0. The lowest BCUT2D eigenvalue weighted by molar-refractivity contribution is -0.138. The Morgan fingerprint density at radius 1 is 1.45 bits per heavy atom. The van der Waals surface area contributed by atoms with Crippen LogP contribution in [-0.2, 0) is 25.8 Å². The summed E-state index contributed by atoms with van der Waals surface area (Å²) in [6, 6.07) is 1.88. The molecule has 122 valence electrons. The molecule has 2 rings (SSSR count). The van der Waals surface area contributed by atoms with Crippen LogP contribution in [0.25, 0.3) is 0 Å². The number of halogens is 3. The second-order valence-electron chi connectivity index (χ2n) is 4.79. The van der Waals surface area contributed by atoms with Crippen molar-refractivity contribution in [2.75, 3.05) is 6.61 Å². The van der Waals surface area contributed by atoms with Crippen molar-refractivity contribution in [3.05, 3.63) is 29.3 Å². The Hall–Kier alpha value is -1.65. The van der Waals surface area contributed by atoms with Crippen LogP contribution in [0.5, 0.6) is 0 Å². The molecule has 1 fully saturated rings. The first-order valence-corrected chi connectivity index (χ1v) is 7.56. The highest BCUT2D eigenvalue weighted by Crippen LogP contribution is 2.39. The van der Waals surface area contributed by atoms with E-state index in [1.165, 1.54) is 6.07 Å². The Bertz CT molecular complexity index is 697. The summed E-state index contributed by atoms with van der Waals surface area (Å²) in [7, 11) is -5.50. The Kier molecular flexibility index (Phi) is 4.20. The van der Waals surface area contributed by atoms with Gasteiger partial charge in [0, 0.05) is 5.56 Å². The molecule has 1 aliphatic rings. The Morgan fingerprint density at radius 2 is 2.05 bits per heavy atom. The first-order valence-electron chi connectivity index (χ1n) is 6.08. The number of sulfone groups is 1. The van der Waals surface area contributed by atoms with Gasteiger partial charge in [-0.05, 0) is 18.1 Å². The zero-order valence-corrected chi connectivity index (χ0v) is 11.8. The van der Waals surface area contributed by atoms with Gasteiger partial charge in [0.25, 0.3) is 9.84 Å². The van der Waals surface area contributed by atoms with Gasteiger partial charge in [0.15, 0.2) is 0 Å². The number of nitrogens with two attached hydrogens (primary N) is 1. The average molecular weight is 339 g/mol. The molecular weight excluding hydrogens is 327 g/mol. The first-order chi connectivity index (χ1) is 10.0. The molecule has 2 atom stereocenters. The van der Waals surface area contributed by atoms with Crippen molar-refractivity contribution in [3.8, 4) is 0 Å². The smallest absolute Gasteiger partial charge is 0.480 e. The molecule has 1 heterocycles. The minimum atomic E-state index is -5.50. The number of carbonyl (C=O) groups is 1. The van der Waals surface area contributed by atoms with Crippen molar-refractivity contribution < 1.29 is 36.2 Å². The molecule has 1 aliphatic heterocycles. The molecule has 1 saturated heterocycles. The summed E-state index contributed by atoms with van der Waals surface area (Å²) >= 11 is 0. The van der Waals surface area contributed by atoms with E-state index in [4.69, 9.17) is 15.6 Å². The molecule has 0 aromatic heterocycles. The average Bonchev–Trinajstić information content (AvgIpc) is 3.21. The lowest BCUT2D eigenvalue weighted by Gasteiger charge is -2.14. The number of aliphatic carboxylic acids is 1. The summed E-state index contributed by atoms with van der Waals surface area (Å²) in [5.74, 6) is -1.27. The van der Waals surface area contributed by atoms with Gasteiger partial charge in [0.2, 0.25) is 0 Å². The van der Waals surface area contributed by atoms with E-state index < -0.39 is 38.4 Å². The number of alkyl halides is 3. The van der Waals surface area contributed by atoms with E-state index in [2.05, 4.69) is 0 Å². The van der Waals surface area contributed by atoms with E-state index in [-0.39, 0.29) is 18.6 Å². The molecule has 1 aromatic rings.